The number of fused-ring (bicyclic) bond motifs is 1. The third kappa shape index (κ3) is 2.31. The molecule has 1 aromatic rings. The quantitative estimate of drug-likeness (QED) is 0.846. The second-order valence-corrected chi connectivity index (χ2v) is 6.96. The molecule has 4 nitrogen and oxygen atoms in total. The molecule has 0 unspecified atom stereocenters. The Balaban J connectivity index is 1.71. The molecule has 3 aliphatic rings. The van der Waals surface area contributed by atoms with Gasteiger partial charge in [-0.1, -0.05) is 12.8 Å². The van der Waals surface area contributed by atoms with E-state index >= 15 is 0 Å². The van der Waals surface area contributed by atoms with Gasteiger partial charge in [-0.15, -0.1) is 0 Å². The molecule has 2 aliphatic heterocycles. The van der Waals surface area contributed by atoms with E-state index in [9.17, 15) is 0 Å². The minimum absolute atomic E-state index is 0.0920. The topological polar surface area (TPSA) is 36.9 Å². The number of hydrogen-bond donors (Lipinski definition) is 0. The SMILES string of the molecule is COc1cc(C[C@@]23CCCC[C@@]24C=CO[C@@H](C3)O4)cc(OC)c1. The van der Waals surface area contributed by atoms with Crippen LogP contribution < -0.4 is 9.47 Å². The van der Waals surface area contributed by atoms with E-state index in [0.29, 0.717) is 0 Å². The van der Waals surface area contributed by atoms with Gasteiger partial charge in [0.2, 0.25) is 6.29 Å². The molecule has 0 aromatic heterocycles. The highest BCUT2D eigenvalue weighted by Gasteiger charge is 2.60. The van der Waals surface area contributed by atoms with Crippen molar-refractivity contribution in [2.24, 2.45) is 5.41 Å². The van der Waals surface area contributed by atoms with Crippen LogP contribution in [0.2, 0.25) is 0 Å². The van der Waals surface area contributed by atoms with Crippen molar-refractivity contribution in [1.82, 2.24) is 0 Å². The van der Waals surface area contributed by atoms with Gasteiger partial charge in [0.05, 0.1) is 26.1 Å². The Morgan fingerprint density at radius 1 is 1.09 bits per heavy atom. The Hall–Kier alpha value is -1.68. The molecule has 3 atom stereocenters. The van der Waals surface area contributed by atoms with Crippen LogP contribution in [-0.2, 0) is 15.9 Å². The number of hydrogen-bond acceptors (Lipinski definition) is 4. The summed E-state index contributed by atoms with van der Waals surface area (Å²) in [6, 6.07) is 6.16. The summed E-state index contributed by atoms with van der Waals surface area (Å²) < 4.78 is 22.8. The highest BCUT2D eigenvalue weighted by molar-refractivity contribution is 5.39. The first-order chi connectivity index (χ1) is 11.2. The van der Waals surface area contributed by atoms with Crippen molar-refractivity contribution < 1.29 is 18.9 Å². The van der Waals surface area contributed by atoms with Crippen LogP contribution in [0.5, 0.6) is 11.5 Å². The van der Waals surface area contributed by atoms with Crippen molar-refractivity contribution >= 4 is 0 Å². The van der Waals surface area contributed by atoms with E-state index in [1.54, 1.807) is 14.2 Å². The average Bonchev–Trinajstić information content (AvgIpc) is 2.80. The monoisotopic (exact) mass is 316 g/mol. The van der Waals surface area contributed by atoms with Gasteiger partial charge < -0.3 is 18.9 Å². The molecule has 0 N–H and O–H groups in total. The lowest BCUT2D eigenvalue weighted by Crippen LogP contribution is -2.48. The van der Waals surface area contributed by atoms with E-state index in [2.05, 4.69) is 18.2 Å². The van der Waals surface area contributed by atoms with Crippen molar-refractivity contribution in [2.75, 3.05) is 14.2 Å². The first-order valence-electron chi connectivity index (χ1n) is 8.42. The Morgan fingerprint density at radius 3 is 2.57 bits per heavy atom. The summed E-state index contributed by atoms with van der Waals surface area (Å²) in [7, 11) is 3.39. The van der Waals surface area contributed by atoms with Crippen LogP contribution in [0, 0.1) is 5.41 Å². The second kappa shape index (κ2) is 5.45. The van der Waals surface area contributed by atoms with Crippen LogP contribution in [0.25, 0.3) is 0 Å². The normalized spacial score (nSPS) is 34.6. The summed E-state index contributed by atoms with van der Waals surface area (Å²) in [5.74, 6) is 1.68. The van der Waals surface area contributed by atoms with E-state index in [-0.39, 0.29) is 17.3 Å². The molecular formula is C19H24O4. The fraction of sp³-hybridized carbons (Fsp3) is 0.579. The number of rotatable bonds is 4. The van der Waals surface area contributed by atoms with E-state index in [4.69, 9.17) is 18.9 Å². The van der Waals surface area contributed by atoms with Crippen molar-refractivity contribution in [2.45, 2.75) is 50.4 Å². The van der Waals surface area contributed by atoms with Crippen LogP contribution in [0.1, 0.15) is 37.7 Å². The van der Waals surface area contributed by atoms with Crippen LogP contribution in [0.15, 0.2) is 30.5 Å². The van der Waals surface area contributed by atoms with Gasteiger partial charge >= 0.3 is 0 Å². The summed E-state index contributed by atoms with van der Waals surface area (Å²) in [6.45, 7) is 0. The molecule has 0 radical (unpaired) electrons. The van der Waals surface area contributed by atoms with Gasteiger partial charge in [0, 0.05) is 17.9 Å². The fourth-order valence-electron chi connectivity index (χ4n) is 4.66. The summed E-state index contributed by atoms with van der Waals surface area (Å²) in [5.41, 5.74) is 1.19. The Morgan fingerprint density at radius 2 is 1.83 bits per heavy atom. The lowest BCUT2D eigenvalue weighted by molar-refractivity contribution is -0.162. The Labute approximate surface area is 137 Å². The molecule has 2 heterocycles. The fourth-order valence-corrected chi connectivity index (χ4v) is 4.66. The average molecular weight is 316 g/mol. The zero-order valence-corrected chi connectivity index (χ0v) is 13.8. The minimum Gasteiger partial charge on any atom is -0.497 e. The first-order valence-corrected chi connectivity index (χ1v) is 8.42. The molecule has 4 rings (SSSR count). The van der Waals surface area contributed by atoms with Crippen LogP contribution in [0.3, 0.4) is 0 Å². The number of ether oxygens (including phenoxy) is 4. The summed E-state index contributed by atoms with van der Waals surface area (Å²) in [6.07, 6.45) is 10.6. The van der Waals surface area contributed by atoms with E-state index < -0.39 is 0 Å². The smallest absolute Gasteiger partial charge is 0.200 e. The van der Waals surface area contributed by atoms with Gasteiger partial charge in [0.1, 0.15) is 11.5 Å². The molecule has 23 heavy (non-hydrogen) atoms. The molecular weight excluding hydrogens is 292 g/mol. The molecule has 4 heteroatoms. The maximum Gasteiger partial charge on any atom is 0.200 e. The van der Waals surface area contributed by atoms with Gasteiger partial charge in [0.15, 0.2) is 0 Å². The standard InChI is InChI=1S/C19H24O4/c1-20-15-9-14(10-16(11-15)21-2)12-18-5-3-4-6-19(18)7-8-22-17(13-18)23-19/h7-11,17H,3-6,12-13H2,1-2H3/t17-,18-,19-/m1/s1. The van der Waals surface area contributed by atoms with Crippen molar-refractivity contribution in [3.05, 3.63) is 36.1 Å². The van der Waals surface area contributed by atoms with E-state index in [0.717, 1.165) is 30.8 Å². The molecule has 0 amide bonds. The van der Waals surface area contributed by atoms with E-state index in [1.807, 2.05) is 12.3 Å². The lowest BCUT2D eigenvalue weighted by atomic mass is 9.60. The van der Waals surface area contributed by atoms with Gasteiger partial charge in [-0.25, -0.2) is 0 Å². The largest absolute Gasteiger partial charge is 0.497 e. The number of benzene rings is 1. The molecule has 2 fully saturated rings. The van der Waals surface area contributed by atoms with Gasteiger partial charge in [-0.2, -0.15) is 0 Å². The second-order valence-electron chi connectivity index (χ2n) is 6.96. The van der Waals surface area contributed by atoms with Crippen LogP contribution in [0.4, 0.5) is 0 Å². The van der Waals surface area contributed by atoms with E-state index in [1.165, 1.54) is 24.8 Å². The molecule has 1 saturated heterocycles. The molecule has 124 valence electrons. The van der Waals surface area contributed by atoms with Crippen LogP contribution >= 0.6 is 0 Å². The highest BCUT2D eigenvalue weighted by Crippen LogP contribution is 2.59. The Kier molecular flexibility index (Phi) is 3.52. The Bertz CT molecular complexity index is 604. The summed E-state index contributed by atoms with van der Waals surface area (Å²) >= 11 is 0. The minimum atomic E-state index is -0.162. The van der Waals surface area contributed by atoms with Crippen molar-refractivity contribution in [1.29, 1.82) is 0 Å². The maximum absolute atomic E-state index is 6.31. The molecule has 1 aromatic carbocycles. The van der Waals surface area contributed by atoms with Gasteiger partial charge in [0.25, 0.3) is 0 Å². The third-order valence-corrected chi connectivity index (χ3v) is 5.77. The summed E-state index contributed by atoms with van der Waals surface area (Å²) in [5, 5.41) is 0. The maximum atomic E-state index is 6.31. The first kappa shape index (κ1) is 14.9. The molecule has 1 aliphatic carbocycles. The summed E-state index contributed by atoms with van der Waals surface area (Å²) in [4.78, 5) is 0. The predicted molar refractivity (Wildman–Crippen MR) is 86.6 cm³/mol. The zero-order valence-electron chi connectivity index (χ0n) is 13.8. The zero-order chi connectivity index (χ0) is 15.9. The highest BCUT2D eigenvalue weighted by atomic mass is 16.7. The van der Waals surface area contributed by atoms with Crippen LogP contribution in [-0.4, -0.2) is 26.1 Å². The van der Waals surface area contributed by atoms with Gasteiger partial charge in [-0.05, 0) is 43.0 Å². The van der Waals surface area contributed by atoms with Crippen molar-refractivity contribution in [3.8, 4) is 11.5 Å². The molecule has 1 spiro atoms. The predicted octanol–water partition coefficient (Wildman–Crippen LogP) is 3.84. The molecule has 2 bridgehead atoms. The van der Waals surface area contributed by atoms with Gasteiger partial charge in [-0.3, -0.25) is 0 Å². The van der Waals surface area contributed by atoms with Crippen molar-refractivity contribution in [3.63, 3.8) is 0 Å². The molecule has 1 saturated carbocycles. The lowest BCUT2D eigenvalue weighted by Gasteiger charge is -2.46. The third-order valence-electron chi connectivity index (χ3n) is 5.77. The number of methoxy groups -OCH3 is 2.